The maximum absolute atomic E-state index is 13.3. The molecule has 180 valence electrons. The number of fused-ring (bicyclic) bond motifs is 2. The third kappa shape index (κ3) is 4.32. The van der Waals surface area contributed by atoms with E-state index in [2.05, 4.69) is 19.5 Å². The summed E-state index contributed by atoms with van der Waals surface area (Å²) in [6, 6.07) is 5.60. The SMILES string of the molecule is CN(C(=O)Cn1nc(Cl)c2oc(CN3CCCCC3)cc2c1=O)c1ccc2c(c1)OC(F)(F)O2. The van der Waals surface area contributed by atoms with E-state index in [4.69, 9.17) is 16.0 Å². The lowest BCUT2D eigenvalue weighted by Gasteiger charge is -2.25. The largest absolute Gasteiger partial charge is 0.586 e. The van der Waals surface area contributed by atoms with Gasteiger partial charge in [0.25, 0.3) is 5.56 Å². The highest BCUT2D eigenvalue weighted by Gasteiger charge is 2.43. The number of aromatic nitrogens is 2. The van der Waals surface area contributed by atoms with Crippen LogP contribution < -0.4 is 19.9 Å². The van der Waals surface area contributed by atoms with Crippen LogP contribution in [0.3, 0.4) is 0 Å². The summed E-state index contributed by atoms with van der Waals surface area (Å²) in [4.78, 5) is 29.3. The van der Waals surface area contributed by atoms with E-state index in [1.54, 1.807) is 6.07 Å². The summed E-state index contributed by atoms with van der Waals surface area (Å²) in [5.41, 5.74) is -0.0510. The van der Waals surface area contributed by atoms with E-state index in [0.29, 0.717) is 12.3 Å². The Hall–Kier alpha value is -3.18. The van der Waals surface area contributed by atoms with Gasteiger partial charge in [0, 0.05) is 18.8 Å². The molecule has 4 heterocycles. The Morgan fingerprint density at radius 3 is 2.68 bits per heavy atom. The van der Waals surface area contributed by atoms with Gasteiger partial charge in [0.05, 0.1) is 11.9 Å². The van der Waals surface area contributed by atoms with Crippen LogP contribution in [0.4, 0.5) is 14.5 Å². The van der Waals surface area contributed by atoms with Crippen molar-refractivity contribution in [3.05, 3.63) is 45.5 Å². The van der Waals surface area contributed by atoms with E-state index in [1.807, 2.05) is 0 Å². The molecule has 0 bridgehead atoms. The van der Waals surface area contributed by atoms with Gasteiger partial charge in [-0.3, -0.25) is 14.5 Å². The summed E-state index contributed by atoms with van der Waals surface area (Å²) in [7, 11) is 1.44. The summed E-state index contributed by atoms with van der Waals surface area (Å²) in [5.74, 6) is -0.240. The average molecular weight is 495 g/mol. The Bertz CT molecular complexity index is 1320. The number of carbonyl (C=O) groups excluding carboxylic acids is 1. The van der Waals surface area contributed by atoms with Crippen LogP contribution in [0.15, 0.2) is 33.5 Å². The molecular weight excluding hydrogens is 474 g/mol. The second kappa shape index (κ2) is 8.55. The van der Waals surface area contributed by atoms with Crippen molar-refractivity contribution in [2.24, 2.45) is 0 Å². The van der Waals surface area contributed by atoms with Crippen molar-refractivity contribution < 1.29 is 27.5 Å². The number of ether oxygens (including phenoxy) is 2. The molecule has 1 aromatic carbocycles. The second-order valence-corrected chi connectivity index (χ2v) is 8.66. The van der Waals surface area contributed by atoms with Crippen LogP contribution in [-0.4, -0.2) is 47.0 Å². The molecule has 0 radical (unpaired) electrons. The Morgan fingerprint density at radius 1 is 1.18 bits per heavy atom. The van der Waals surface area contributed by atoms with Crippen molar-refractivity contribution in [1.82, 2.24) is 14.7 Å². The minimum absolute atomic E-state index is 0.0275. The molecule has 5 rings (SSSR count). The third-order valence-electron chi connectivity index (χ3n) is 5.90. The number of piperidine rings is 1. The maximum Gasteiger partial charge on any atom is 0.586 e. The number of halogens is 3. The first-order valence-corrected chi connectivity index (χ1v) is 11.2. The van der Waals surface area contributed by atoms with Crippen molar-refractivity contribution in [3.8, 4) is 11.5 Å². The molecule has 2 aliphatic heterocycles. The molecule has 3 aromatic rings. The van der Waals surface area contributed by atoms with Crippen LogP contribution >= 0.6 is 11.6 Å². The number of likely N-dealkylation sites (N-methyl/N-ethyl adjacent to an activating group) is 1. The van der Waals surface area contributed by atoms with Gasteiger partial charge >= 0.3 is 6.29 Å². The van der Waals surface area contributed by atoms with Gasteiger partial charge in [-0.05, 0) is 44.1 Å². The Morgan fingerprint density at radius 2 is 1.91 bits per heavy atom. The Kier molecular flexibility index (Phi) is 5.68. The number of carbonyl (C=O) groups is 1. The van der Waals surface area contributed by atoms with E-state index >= 15 is 0 Å². The van der Waals surface area contributed by atoms with Crippen LogP contribution in [-0.2, 0) is 17.9 Å². The molecule has 0 unspecified atom stereocenters. The number of likely N-dealkylation sites (tertiary alicyclic amines) is 1. The van der Waals surface area contributed by atoms with E-state index in [0.717, 1.165) is 30.6 Å². The highest BCUT2D eigenvalue weighted by molar-refractivity contribution is 6.33. The number of amides is 1. The lowest BCUT2D eigenvalue weighted by Crippen LogP contribution is -2.35. The predicted molar refractivity (Wildman–Crippen MR) is 118 cm³/mol. The lowest BCUT2D eigenvalue weighted by atomic mass is 10.1. The number of hydrogen-bond acceptors (Lipinski definition) is 7. The topological polar surface area (TPSA) is 90.0 Å². The summed E-state index contributed by atoms with van der Waals surface area (Å²) in [6.45, 7) is 2.08. The van der Waals surface area contributed by atoms with Crippen LogP contribution in [0.25, 0.3) is 11.0 Å². The van der Waals surface area contributed by atoms with Crippen molar-refractivity contribution in [1.29, 1.82) is 0 Å². The molecule has 1 saturated heterocycles. The van der Waals surface area contributed by atoms with Crippen LogP contribution in [0, 0.1) is 0 Å². The van der Waals surface area contributed by atoms with E-state index in [1.165, 1.54) is 36.6 Å². The number of rotatable bonds is 5. The molecular formula is C22H21ClF2N4O5. The number of hydrogen-bond donors (Lipinski definition) is 0. The highest BCUT2D eigenvalue weighted by atomic mass is 35.5. The standard InChI is InChI=1S/C22H21ClF2N4O5/c1-27(13-5-6-16-17(9-13)34-22(24,25)33-16)18(30)12-29-21(31)15-10-14(32-19(15)20(23)26-29)11-28-7-3-2-4-8-28/h5-6,9-10H,2-4,7-8,11-12H2,1H3. The van der Waals surface area contributed by atoms with Crippen molar-refractivity contribution in [2.45, 2.75) is 38.6 Å². The molecule has 0 saturated carbocycles. The minimum Gasteiger partial charge on any atom is -0.456 e. The molecule has 34 heavy (non-hydrogen) atoms. The summed E-state index contributed by atoms with van der Waals surface area (Å²) in [6.07, 6.45) is -0.309. The van der Waals surface area contributed by atoms with E-state index < -0.39 is 24.3 Å². The zero-order valence-corrected chi connectivity index (χ0v) is 19.0. The molecule has 9 nitrogen and oxygen atoms in total. The van der Waals surface area contributed by atoms with Crippen LogP contribution in [0.5, 0.6) is 11.5 Å². The van der Waals surface area contributed by atoms with Crippen molar-refractivity contribution in [3.63, 3.8) is 0 Å². The van der Waals surface area contributed by atoms with E-state index in [9.17, 15) is 18.4 Å². The van der Waals surface area contributed by atoms with Gasteiger partial charge in [0.15, 0.2) is 22.2 Å². The van der Waals surface area contributed by atoms with Crippen molar-refractivity contribution in [2.75, 3.05) is 25.0 Å². The first-order chi connectivity index (χ1) is 16.2. The van der Waals surface area contributed by atoms with Gasteiger partial charge in [-0.2, -0.15) is 5.10 Å². The number of alkyl halides is 2. The number of anilines is 1. The predicted octanol–water partition coefficient (Wildman–Crippen LogP) is 3.61. The second-order valence-electron chi connectivity index (χ2n) is 8.30. The van der Waals surface area contributed by atoms with Crippen LogP contribution in [0.2, 0.25) is 5.15 Å². The first-order valence-electron chi connectivity index (χ1n) is 10.8. The molecule has 0 spiro atoms. The summed E-state index contributed by atoms with van der Waals surface area (Å²) < 4.78 is 42.1. The zero-order chi connectivity index (χ0) is 24.0. The van der Waals surface area contributed by atoms with Crippen LogP contribution in [0.1, 0.15) is 25.0 Å². The molecule has 1 amide bonds. The third-order valence-corrected chi connectivity index (χ3v) is 6.15. The molecule has 0 N–H and O–H groups in total. The fraction of sp³-hybridized carbons (Fsp3) is 0.409. The number of furan rings is 1. The highest BCUT2D eigenvalue weighted by Crippen LogP contribution is 2.42. The van der Waals surface area contributed by atoms with Gasteiger partial charge in [-0.25, -0.2) is 4.68 Å². The molecule has 0 atom stereocenters. The Labute approximate surface area is 197 Å². The fourth-order valence-corrected chi connectivity index (χ4v) is 4.37. The van der Waals surface area contributed by atoms with Gasteiger partial charge in [0.1, 0.15) is 12.3 Å². The zero-order valence-electron chi connectivity index (χ0n) is 18.2. The average Bonchev–Trinajstić information content (AvgIpc) is 3.36. The number of benzene rings is 1. The minimum atomic E-state index is -3.76. The van der Waals surface area contributed by atoms with E-state index in [-0.39, 0.29) is 33.3 Å². The quantitative estimate of drug-likeness (QED) is 0.535. The van der Waals surface area contributed by atoms with Gasteiger partial charge in [-0.1, -0.05) is 18.0 Å². The molecule has 1 fully saturated rings. The van der Waals surface area contributed by atoms with Gasteiger partial charge in [-0.15, -0.1) is 8.78 Å². The normalized spacial score (nSPS) is 17.3. The summed E-state index contributed by atoms with van der Waals surface area (Å²) >= 11 is 6.26. The first kappa shape index (κ1) is 22.6. The van der Waals surface area contributed by atoms with Gasteiger partial charge in [0.2, 0.25) is 5.91 Å². The van der Waals surface area contributed by atoms with Crippen molar-refractivity contribution >= 4 is 34.2 Å². The summed E-state index contributed by atoms with van der Waals surface area (Å²) in [5, 5.41) is 4.24. The maximum atomic E-state index is 13.3. The monoisotopic (exact) mass is 494 g/mol. The molecule has 12 heteroatoms. The number of nitrogens with zero attached hydrogens (tertiary/aromatic N) is 4. The molecule has 2 aliphatic rings. The molecule has 0 aliphatic carbocycles. The molecule has 2 aromatic heterocycles. The lowest BCUT2D eigenvalue weighted by molar-refractivity contribution is -0.286. The Balaban J connectivity index is 1.35. The fourth-order valence-electron chi connectivity index (χ4n) is 4.14. The van der Waals surface area contributed by atoms with Gasteiger partial charge < -0.3 is 18.8 Å². The smallest absolute Gasteiger partial charge is 0.456 e.